The van der Waals surface area contributed by atoms with E-state index in [-0.39, 0.29) is 0 Å². The molecule has 0 saturated heterocycles. The summed E-state index contributed by atoms with van der Waals surface area (Å²) in [6.45, 7) is 0. The lowest BCUT2D eigenvalue weighted by Crippen LogP contribution is -2.00. The Morgan fingerprint density at radius 2 is 0.857 bits per heavy atom. The second kappa shape index (κ2) is 12.9. The van der Waals surface area contributed by atoms with E-state index in [9.17, 15) is 0 Å². The van der Waals surface area contributed by atoms with Gasteiger partial charge < -0.3 is 13.4 Å². The molecule has 0 amide bonds. The van der Waals surface area contributed by atoms with E-state index >= 15 is 0 Å². The molecule has 5 heterocycles. The zero-order valence-electron chi connectivity index (χ0n) is 33.7. The van der Waals surface area contributed by atoms with Crippen LogP contribution in [0, 0.1) is 0 Å². The summed E-state index contributed by atoms with van der Waals surface area (Å²) in [6.07, 6.45) is 0. The van der Waals surface area contributed by atoms with Gasteiger partial charge >= 0.3 is 0 Å². The van der Waals surface area contributed by atoms with E-state index in [0.29, 0.717) is 17.5 Å². The van der Waals surface area contributed by atoms with E-state index in [1.54, 1.807) is 0 Å². The molecule has 0 spiro atoms. The van der Waals surface area contributed by atoms with E-state index in [2.05, 4.69) is 136 Å². The van der Waals surface area contributed by atoms with Crippen LogP contribution in [0.25, 0.3) is 133 Å². The fourth-order valence-corrected chi connectivity index (χ4v) is 10.1. The lowest BCUT2D eigenvalue weighted by atomic mass is 9.99. The van der Waals surface area contributed by atoms with Crippen LogP contribution in [-0.2, 0) is 0 Å². The summed E-state index contributed by atoms with van der Waals surface area (Å²) in [4.78, 5) is 15.1. The van der Waals surface area contributed by atoms with E-state index in [0.717, 1.165) is 61.0 Å². The molecular formula is C57H33N5O. The summed E-state index contributed by atoms with van der Waals surface area (Å²) in [5.41, 5.74) is 13.8. The van der Waals surface area contributed by atoms with Crippen molar-refractivity contribution in [1.29, 1.82) is 0 Å². The Morgan fingerprint density at radius 3 is 1.51 bits per heavy atom. The molecule has 0 aliphatic rings. The molecule has 0 N–H and O–H groups in total. The van der Waals surface area contributed by atoms with Crippen LogP contribution in [0.1, 0.15) is 0 Å². The Labute approximate surface area is 359 Å². The summed E-state index contributed by atoms with van der Waals surface area (Å²) in [5, 5.41) is 9.46. The number of para-hydroxylation sites is 3. The smallest absolute Gasteiger partial charge is 0.164 e. The second-order valence-electron chi connectivity index (χ2n) is 16.4. The van der Waals surface area contributed by atoms with Crippen molar-refractivity contribution in [2.75, 3.05) is 0 Å². The number of hydrogen-bond donors (Lipinski definition) is 0. The molecular weight excluding hydrogens is 771 g/mol. The van der Waals surface area contributed by atoms with Gasteiger partial charge in [-0.1, -0.05) is 140 Å². The topological polar surface area (TPSA) is 61.2 Å². The number of rotatable bonds is 5. The van der Waals surface area contributed by atoms with Crippen molar-refractivity contribution >= 4 is 81.8 Å². The van der Waals surface area contributed by atoms with Gasteiger partial charge in [-0.2, -0.15) is 0 Å². The molecule has 0 aliphatic carbocycles. The summed E-state index contributed by atoms with van der Waals surface area (Å²) in [6, 6.07) is 70.8. The first kappa shape index (κ1) is 34.1. The highest BCUT2D eigenvalue weighted by Gasteiger charge is 2.22. The highest BCUT2D eigenvalue weighted by atomic mass is 16.3. The number of furan rings is 1. The van der Waals surface area contributed by atoms with Gasteiger partial charge in [-0.3, -0.25) is 0 Å². The summed E-state index contributed by atoms with van der Waals surface area (Å²) in [5.74, 6) is 1.84. The van der Waals surface area contributed by atoms with Gasteiger partial charge in [0.1, 0.15) is 11.2 Å². The molecule has 292 valence electrons. The van der Waals surface area contributed by atoms with E-state index in [1.807, 2.05) is 72.8 Å². The Balaban J connectivity index is 0.952. The first-order valence-electron chi connectivity index (χ1n) is 21.3. The Hall–Kier alpha value is -8.61. The monoisotopic (exact) mass is 803 g/mol. The molecule has 0 radical (unpaired) electrons. The molecule has 0 bridgehead atoms. The van der Waals surface area contributed by atoms with Gasteiger partial charge in [-0.25, -0.2) is 15.0 Å². The second-order valence-corrected chi connectivity index (χ2v) is 16.4. The first-order valence-corrected chi connectivity index (χ1v) is 21.3. The van der Waals surface area contributed by atoms with Gasteiger partial charge in [0.2, 0.25) is 0 Å². The fourth-order valence-electron chi connectivity index (χ4n) is 10.1. The Morgan fingerprint density at radius 1 is 0.333 bits per heavy atom. The number of nitrogens with zero attached hydrogens (tertiary/aromatic N) is 5. The number of benzene rings is 9. The zero-order valence-corrected chi connectivity index (χ0v) is 33.7. The SMILES string of the molecule is c1ccc(-c2nc(-c3ccccc3)nc(-c3cccc4oc5ccc(-c6ccc7c(c6)c6ccccc6n7-c6cc7c8ccccc8n8c9ccccc9c(c6)c78)cc5c34)n2)cc1. The maximum Gasteiger partial charge on any atom is 0.164 e. The fraction of sp³-hybridized carbons (Fsp3) is 0. The van der Waals surface area contributed by atoms with Crippen LogP contribution < -0.4 is 0 Å². The summed E-state index contributed by atoms with van der Waals surface area (Å²) < 4.78 is 11.4. The first-order chi connectivity index (χ1) is 31.2. The lowest BCUT2D eigenvalue weighted by Gasteiger charge is -2.10. The van der Waals surface area contributed by atoms with Crippen molar-refractivity contribution in [2.24, 2.45) is 0 Å². The highest BCUT2D eigenvalue weighted by Crippen LogP contribution is 2.44. The third-order valence-electron chi connectivity index (χ3n) is 12.9. The molecule has 63 heavy (non-hydrogen) atoms. The molecule has 5 aromatic heterocycles. The van der Waals surface area contributed by atoms with Crippen LogP contribution in [0.2, 0.25) is 0 Å². The van der Waals surface area contributed by atoms with Crippen molar-refractivity contribution in [2.45, 2.75) is 0 Å². The Kier molecular flexibility index (Phi) is 7.02. The van der Waals surface area contributed by atoms with Crippen molar-refractivity contribution in [1.82, 2.24) is 23.9 Å². The minimum absolute atomic E-state index is 0.598. The third kappa shape index (κ3) is 4.97. The van der Waals surface area contributed by atoms with Gasteiger partial charge in [-0.05, 0) is 71.8 Å². The average molecular weight is 804 g/mol. The molecule has 0 unspecified atom stereocenters. The molecule has 14 rings (SSSR count). The third-order valence-corrected chi connectivity index (χ3v) is 12.9. The van der Waals surface area contributed by atoms with Crippen molar-refractivity contribution in [3.8, 4) is 51.0 Å². The molecule has 9 aromatic carbocycles. The molecule has 0 aliphatic heterocycles. The van der Waals surface area contributed by atoms with Crippen LogP contribution in [0.15, 0.2) is 205 Å². The van der Waals surface area contributed by atoms with Gasteiger partial charge in [0, 0.05) is 65.5 Å². The van der Waals surface area contributed by atoms with E-state index in [4.69, 9.17) is 19.4 Å². The van der Waals surface area contributed by atoms with Crippen molar-refractivity contribution < 1.29 is 4.42 Å². The van der Waals surface area contributed by atoms with Gasteiger partial charge in [0.05, 0.1) is 27.6 Å². The summed E-state index contributed by atoms with van der Waals surface area (Å²) in [7, 11) is 0. The predicted octanol–water partition coefficient (Wildman–Crippen LogP) is 14.7. The van der Waals surface area contributed by atoms with Crippen molar-refractivity contribution in [3.05, 3.63) is 200 Å². The largest absolute Gasteiger partial charge is 0.456 e. The number of aromatic nitrogens is 5. The van der Waals surface area contributed by atoms with Crippen LogP contribution in [0.4, 0.5) is 0 Å². The van der Waals surface area contributed by atoms with E-state index in [1.165, 1.54) is 54.4 Å². The number of fused-ring (bicyclic) bond motifs is 12. The average Bonchev–Trinajstić information content (AvgIpc) is 4.09. The maximum absolute atomic E-state index is 6.54. The Bertz CT molecular complexity index is 4000. The highest BCUT2D eigenvalue weighted by molar-refractivity contribution is 6.24. The van der Waals surface area contributed by atoms with Crippen LogP contribution >= 0.6 is 0 Å². The summed E-state index contributed by atoms with van der Waals surface area (Å²) >= 11 is 0. The van der Waals surface area contributed by atoms with Crippen LogP contribution in [0.3, 0.4) is 0 Å². The van der Waals surface area contributed by atoms with Crippen LogP contribution in [0.5, 0.6) is 0 Å². The molecule has 0 saturated carbocycles. The van der Waals surface area contributed by atoms with Gasteiger partial charge in [0.25, 0.3) is 0 Å². The zero-order chi connectivity index (χ0) is 41.2. The van der Waals surface area contributed by atoms with E-state index < -0.39 is 0 Å². The van der Waals surface area contributed by atoms with Gasteiger partial charge in [0.15, 0.2) is 17.5 Å². The molecule has 6 heteroatoms. The lowest BCUT2D eigenvalue weighted by molar-refractivity contribution is 0.669. The quantitative estimate of drug-likeness (QED) is 0.174. The van der Waals surface area contributed by atoms with Gasteiger partial charge in [-0.15, -0.1) is 0 Å². The molecule has 14 aromatic rings. The van der Waals surface area contributed by atoms with Crippen molar-refractivity contribution in [3.63, 3.8) is 0 Å². The normalized spacial score (nSPS) is 12.1. The predicted molar refractivity (Wildman–Crippen MR) is 258 cm³/mol. The standard InChI is InChI=1S/C57H33N5O/c1-3-14-34(15-4-1)55-58-56(35-16-5-2-6-17-35)60-57(59-55)42-21-13-25-52-53(42)46-31-37(27-29-51(46)63-52)36-26-28-50-43(30-36)39-18-7-10-22-47(39)61(50)38-32-44-40-19-8-11-23-48(40)62-49-24-12-9-20-41(49)45(33-38)54(44)62/h1-33H. The maximum atomic E-state index is 6.54. The molecule has 0 fully saturated rings. The molecule has 0 atom stereocenters. The minimum atomic E-state index is 0.598. The van der Waals surface area contributed by atoms with Crippen LogP contribution in [-0.4, -0.2) is 23.9 Å². The molecule has 6 nitrogen and oxygen atoms in total. The number of hydrogen-bond acceptors (Lipinski definition) is 4. The minimum Gasteiger partial charge on any atom is -0.456 e.